The molecule has 0 aromatic heterocycles. The number of nitrogens with one attached hydrogen (secondary N) is 2. The van der Waals surface area contributed by atoms with Gasteiger partial charge in [-0.15, -0.1) is 0 Å². The number of carbonyl (C=O) groups is 3. The minimum Gasteiger partial charge on any atom is -0.481 e. The van der Waals surface area contributed by atoms with Gasteiger partial charge in [-0.3, -0.25) is 4.79 Å². The number of aliphatic carboxylic acids is 2. The minimum atomic E-state index is -1.26. The molecule has 0 aliphatic carbocycles. The quantitative estimate of drug-likeness (QED) is 0.471. The van der Waals surface area contributed by atoms with Crippen LogP contribution in [0, 0.1) is 0 Å². The molecule has 120 valence electrons. The number of morpholine rings is 1. The summed E-state index contributed by atoms with van der Waals surface area (Å²) in [6.45, 7) is 2.36. The lowest BCUT2D eigenvalue weighted by Gasteiger charge is -2.30. The Bertz CT molecular complexity index is 389. The Hall–Kier alpha value is -1.87. The van der Waals surface area contributed by atoms with Crippen LogP contribution in [-0.2, 0) is 14.3 Å². The number of likely N-dealkylation sites (N-methyl/N-ethyl adjacent to an activating group) is 1. The summed E-state index contributed by atoms with van der Waals surface area (Å²) >= 11 is 0. The largest absolute Gasteiger partial charge is 0.481 e. The lowest BCUT2D eigenvalue weighted by molar-refractivity contribution is -0.140. The van der Waals surface area contributed by atoms with Crippen LogP contribution >= 0.6 is 0 Å². The van der Waals surface area contributed by atoms with Crippen LogP contribution in [0.25, 0.3) is 0 Å². The monoisotopic (exact) mass is 303 g/mol. The van der Waals surface area contributed by atoms with Gasteiger partial charge in [0.05, 0.1) is 12.7 Å². The van der Waals surface area contributed by atoms with Crippen LogP contribution < -0.4 is 10.6 Å². The molecule has 1 heterocycles. The highest BCUT2D eigenvalue weighted by molar-refractivity contribution is 5.83. The van der Waals surface area contributed by atoms with Gasteiger partial charge < -0.3 is 30.5 Å². The Kier molecular flexibility index (Phi) is 6.89. The fourth-order valence-electron chi connectivity index (χ4n) is 1.93. The van der Waals surface area contributed by atoms with Crippen molar-refractivity contribution in [2.75, 3.05) is 33.3 Å². The fraction of sp³-hybridized carbons (Fsp3) is 0.750. The number of carboxylic acid groups (broad SMARTS) is 2. The molecule has 21 heavy (non-hydrogen) atoms. The molecule has 0 aromatic rings. The first-order chi connectivity index (χ1) is 9.88. The topological polar surface area (TPSA) is 128 Å². The zero-order chi connectivity index (χ0) is 15.8. The lowest BCUT2D eigenvalue weighted by atomic mass is 10.1. The highest BCUT2D eigenvalue weighted by Crippen LogP contribution is 2.02. The van der Waals surface area contributed by atoms with E-state index in [2.05, 4.69) is 15.5 Å². The third kappa shape index (κ3) is 6.91. The number of carbonyl (C=O) groups excluding carboxylic acids is 1. The number of urea groups is 1. The number of carboxylic acids is 2. The molecule has 2 amide bonds. The third-order valence-electron chi connectivity index (χ3n) is 3.08. The summed E-state index contributed by atoms with van der Waals surface area (Å²) in [6.07, 6.45) is -0.633. The van der Waals surface area contributed by atoms with Crippen molar-refractivity contribution in [3.8, 4) is 0 Å². The molecule has 0 radical (unpaired) electrons. The van der Waals surface area contributed by atoms with Crippen LogP contribution in [0.15, 0.2) is 0 Å². The molecule has 0 spiro atoms. The SMILES string of the molecule is CN1CCOC(CNC(=O)NC(CCC(=O)O)C(=O)O)C1. The van der Waals surface area contributed by atoms with Crippen molar-refractivity contribution in [2.45, 2.75) is 25.0 Å². The van der Waals surface area contributed by atoms with Crippen LogP contribution in [-0.4, -0.2) is 78.5 Å². The number of amides is 2. The van der Waals surface area contributed by atoms with Gasteiger partial charge in [0.15, 0.2) is 0 Å². The number of hydrogen-bond acceptors (Lipinski definition) is 5. The number of rotatable bonds is 7. The van der Waals surface area contributed by atoms with Gasteiger partial charge in [-0.25, -0.2) is 9.59 Å². The van der Waals surface area contributed by atoms with Crippen molar-refractivity contribution in [1.29, 1.82) is 0 Å². The Balaban J connectivity index is 2.32. The van der Waals surface area contributed by atoms with Crippen molar-refractivity contribution in [1.82, 2.24) is 15.5 Å². The molecule has 1 saturated heterocycles. The van der Waals surface area contributed by atoms with E-state index in [0.29, 0.717) is 13.2 Å². The summed E-state index contributed by atoms with van der Waals surface area (Å²) in [4.78, 5) is 35.1. The van der Waals surface area contributed by atoms with E-state index in [9.17, 15) is 14.4 Å². The fourth-order valence-corrected chi connectivity index (χ4v) is 1.93. The van der Waals surface area contributed by atoms with Crippen LogP contribution in [0.2, 0.25) is 0 Å². The summed E-state index contributed by atoms with van der Waals surface area (Å²) in [5.41, 5.74) is 0. The highest BCUT2D eigenvalue weighted by Gasteiger charge is 2.22. The zero-order valence-corrected chi connectivity index (χ0v) is 11.9. The van der Waals surface area contributed by atoms with Crippen LogP contribution in [0.1, 0.15) is 12.8 Å². The van der Waals surface area contributed by atoms with Gasteiger partial charge in [-0.2, -0.15) is 0 Å². The van der Waals surface area contributed by atoms with Crippen LogP contribution in [0.3, 0.4) is 0 Å². The molecule has 0 aromatic carbocycles. The van der Waals surface area contributed by atoms with Crippen molar-refractivity contribution < 1.29 is 29.3 Å². The van der Waals surface area contributed by atoms with Gasteiger partial charge in [-0.05, 0) is 13.5 Å². The second-order valence-electron chi connectivity index (χ2n) is 4.93. The molecule has 4 N–H and O–H groups in total. The first kappa shape index (κ1) is 17.2. The Morgan fingerprint density at radius 1 is 1.38 bits per heavy atom. The Morgan fingerprint density at radius 3 is 2.67 bits per heavy atom. The maximum Gasteiger partial charge on any atom is 0.326 e. The molecule has 9 heteroatoms. The maximum absolute atomic E-state index is 11.6. The second kappa shape index (κ2) is 8.42. The maximum atomic E-state index is 11.6. The van der Waals surface area contributed by atoms with E-state index in [1.54, 1.807) is 0 Å². The molecule has 0 saturated carbocycles. The average molecular weight is 303 g/mol. The molecule has 1 aliphatic heterocycles. The number of ether oxygens (including phenoxy) is 1. The summed E-state index contributed by atoms with van der Waals surface area (Å²) in [6, 6.07) is -1.87. The van der Waals surface area contributed by atoms with Crippen LogP contribution in [0.5, 0.6) is 0 Å². The second-order valence-corrected chi connectivity index (χ2v) is 4.93. The Morgan fingerprint density at radius 2 is 2.10 bits per heavy atom. The molecule has 2 atom stereocenters. The smallest absolute Gasteiger partial charge is 0.326 e. The molecule has 9 nitrogen and oxygen atoms in total. The number of hydrogen-bond donors (Lipinski definition) is 4. The first-order valence-corrected chi connectivity index (χ1v) is 6.67. The number of nitrogens with zero attached hydrogens (tertiary/aromatic N) is 1. The molecule has 1 rings (SSSR count). The summed E-state index contributed by atoms with van der Waals surface area (Å²) < 4.78 is 5.45. The van der Waals surface area contributed by atoms with Crippen molar-refractivity contribution in [3.63, 3.8) is 0 Å². The average Bonchev–Trinajstić information content (AvgIpc) is 2.40. The van der Waals surface area contributed by atoms with Gasteiger partial charge in [0.1, 0.15) is 6.04 Å². The predicted octanol–water partition coefficient (Wildman–Crippen LogP) is -1.07. The van der Waals surface area contributed by atoms with Gasteiger partial charge in [-0.1, -0.05) is 0 Å². The zero-order valence-electron chi connectivity index (χ0n) is 11.9. The van der Waals surface area contributed by atoms with Crippen molar-refractivity contribution in [3.05, 3.63) is 0 Å². The highest BCUT2D eigenvalue weighted by atomic mass is 16.5. The molecular weight excluding hydrogens is 282 g/mol. The molecule has 1 fully saturated rings. The molecule has 2 unspecified atom stereocenters. The van der Waals surface area contributed by atoms with E-state index >= 15 is 0 Å². The third-order valence-corrected chi connectivity index (χ3v) is 3.08. The van der Waals surface area contributed by atoms with Gasteiger partial charge in [0.25, 0.3) is 0 Å². The van der Waals surface area contributed by atoms with Crippen molar-refractivity contribution in [2.24, 2.45) is 0 Å². The van der Waals surface area contributed by atoms with E-state index in [-0.39, 0.29) is 25.5 Å². The normalized spacial score (nSPS) is 20.5. The van der Waals surface area contributed by atoms with Gasteiger partial charge in [0, 0.05) is 26.1 Å². The summed E-state index contributed by atoms with van der Waals surface area (Å²) in [5, 5.41) is 22.2. The van der Waals surface area contributed by atoms with E-state index in [0.717, 1.165) is 6.54 Å². The lowest BCUT2D eigenvalue weighted by Crippen LogP contribution is -2.50. The summed E-state index contributed by atoms with van der Waals surface area (Å²) in [7, 11) is 1.95. The van der Waals surface area contributed by atoms with E-state index in [1.807, 2.05) is 7.05 Å². The standard InChI is InChI=1S/C12H21N3O6/c1-15-4-5-21-8(7-15)6-13-12(20)14-9(11(18)19)2-3-10(16)17/h8-9H,2-7H2,1H3,(H,16,17)(H,18,19)(H2,13,14,20). The molecule has 1 aliphatic rings. The predicted molar refractivity (Wildman–Crippen MR) is 72.1 cm³/mol. The van der Waals surface area contributed by atoms with E-state index < -0.39 is 24.0 Å². The van der Waals surface area contributed by atoms with Crippen molar-refractivity contribution >= 4 is 18.0 Å². The van der Waals surface area contributed by atoms with Crippen LogP contribution in [0.4, 0.5) is 4.79 Å². The molecule has 0 bridgehead atoms. The minimum absolute atomic E-state index is 0.142. The molecular formula is C12H21N3O6. The Labute approximate surface area is 122 Å². The van der Waals surface area contributed by atoms with Gasteiger partial charge in [0.2, 0.25) is 0 Å². The van der Waals surface area contributed by atoms with Gasteiger partial charge >= 0.3 is 18.0 Å². The van der Waals surface area contributed by atoms with E-state index in [4.69, 9.17) is 14.9 Å². The first-order valence-electron chi connectivity index (χ1n) is 6.67. The van der Waals surface area contributed by atoms with E-state index in [1.165, 1.54) is 0 Å². The summed E-state index contributed by atoms with van der Waals surface area (Å²) in [5.74, 6) is -2.37.